The van der Waals surface area contributed by atoms with Gasteiger partial charge in [-0.2, -0.15) is 4.45 Å². The molecule has 0 spiro atoms. The Morgan fingerprint density at radius 3 is 3.00 bits per heavy atom. The standard InChI is InChI=1S/C6H8BrN3/c1-5-4-8-3-2-6(5)9-10-7/h2-4,10H,1H3,(H,8,9). The molecule has 0 aliphatic carbocycles. The molecular formula is C6H8BrN3. The number of aryl methyl sites for hydroxylation is 1. The molecule has 0 saturated heterocycles. The lowest BCUT2D eigenvalue weighted by Crippen LogP contribution is -2.08. The lowest BCUT2D eigenvalue weighted by Gasteiger charge is -2.03. The average molecular weight is 202 g/mol. The van der Waals surface area contributed by atoms with Crippen molar-refractivity contribution >= 4 is 21.8 Å². The van der Waals surface area contributed by atoms with E-state index in [-0.39, 0.29) is 0 Å². The lowest BCUT2D eigenvalue weighted by molar-refractivity contribution is 1.19. The molecule has 0 aromatic carbocycles. The van der Waals surface area contributed by atoms with E-state index in [1.807, 2.05) is 13.0 Å². The summed E-state index contributed by atoms with van der Waals surface area (Å²) in [7, 11) is 0. The van der Waals surface area contributed by atoms with Gasteiger partial charge in [0.15, 0.2) is 0 Å². The Morgan fingerprint density at radius 2 is 2.40 bits per heavy atom. The van der Waals surface area contributed by atoms with Crippen LogP contribution in [0.5, 0.6) is 0 Å². The van der Waals surface area contributed by atoms with Crippen molar-refractivity contribution in [2.45, 2.75) is 6.92 Å². The van der Waals surface area contributed by atoms with Gasteiger partial charge in [0.1, 0.15) is 0 Å². The summed E-state index contributed by atoms with van der Waals surface area (Å²) in [5.41, 5.74) is 5.03. The molecule has 0 aliphatic rings. The number of aromatic nitrogens is 1. The van der Waals surface area contributed by atoms with Crippen LogP contribution < -0.4 is 9.88 Å². The first-order valence-corrected chi connectivity index (χ1v) is 3.66. The third kappa shape index (κ3) is 1.68. The third-order valence-corrected chi connectivity index (χ3v) is 1.40. The zero-order valence-corrected chi connectivity index (χ0v) is 7.14. The second-order valence-corrected chi connectivity index (χ2v) is 2.31. The van der Waals surface area contributed by atoms with E-state index in [4.69, 9.17) is 0 Å². The minimum Gasteiger partial charge on any atom is -0.311 e. The van der Waals surface area contributed by atoms with E-state index >= 15 is 0 Å². The number of hydrogen-bond donors (Lipinski definition) is 2. The molecule has 1 aromatic heterocycles. The third-order valence-electron chi connectivity index (χ3n) is 1.20. The van der Waals surface area contributed by atoms with Crippen LogP contribution in [0.2, 0.25) is 0 Å². The van der Waals surface area contributed by atoms with Crippen LogP contribution in [0.3, 0.4) is 0 Å². The molecule has 0 amide bonds. The molecule has 0 radical (unpaired) electrons. The summed E-state index contributed by atoms with van der Waals surface area (Å²) in [5, 5.41) is 0. The number of pyridine rings is 1. The van der Waals surface area contributed by atoms with Crippen LogP contribution in [0.1, 0.15) is 5.56 Å². The van der Waals surface area contributed by atoms with E-state index < -0.39 is 0 Å². The molecule has 4 heteroatoms. The maximum absolute atomic E-state index is 3.94. The highest BCUT2D eigenvalue weighted by molar-refractivity contribution is 9.08. The highest BCUT2D eigenvalue weighted by atomic mass is 79.9. The Balaban J connectivity index is 2.81. The van der Waals surface area contributed by atoms with E-state index in [0.29, 0.717) is 0 Å². The summed E-state index contributed by atoms with van der Waals surface area (Å²) in [5.74, 6) is 0. The zero-order chi connectivity index (χ0) is 7.40. The first-order chi connectivity index (χ1) is 4.84. The number of nitrogens with one attached hydrogen (secondary N) is 2. The van der Waals surface area contributed by atoms with Gasteiger partial charge in [0.2, 0.25) is 0 Å². The van der Waals surface area contributed by atoms with Gasteiger partial charge in [-0.05, 0) is 18.6 Å². The van der Waals surface area contributed by atoms with Crippen molar-refractivity contribution in [2.24, 2.45) is 0 Å². The molecule has 1 heterocycles. The fraction of sp³-hybridized carbons (Fsp3) is 0.167. The second kappa shape index (κ2) is 3.53. The minimum atomic E-state index is 1.02. The van der Waals surface area contributed by atoms with Crippen LogP contribution in [-0.4, -0.2) is 4.98 Å². The SMILES string of the molecule is Cc1cnccc1NNBr. The first kappa shape index (κ1) is 7.50. The summed E-state index contributed by atoms with van der Waals surface area (Å²) in [4.78, 5) is 3.94. The van der Waals surface area contributed by atoms with Crippen LogP contribution in [0.25, 0.3) is 0 Å². The summed E-state index contributed by atoms with van der Waals surface area (Å²) in [6.07, 6.45) is 3.53. The largest absolute Gasteiger partial charge is 0.311 e. The molecule has 54 valence electrons. The van der Waals surface area contributed by atoms with Crippen LogP contribution in [0, 0.1) is 6.92 Å². The molecule has 2 N–H and O–H groups in total. The number of hydrogen-bond acceptors (Lipinski definition) is 3. The predicted molar refractivity (Wildman–Crippen MR) is 44.7 cm³/mol. The quantitative estimate of drug-likeness (QED) is 0.565. The van der Waals surface area contributed by atoms with Crippen molar-refractivity contribution in [1.29, 1.82) is 0 Å². The summed E-state index contributed by atoms with van der Waals surface area (Å²) in [6.45, 7) is 1.99. The van der Waals surface area contributed by atoms with Gasteiger partial charge >= 0.3 is 0 Å². The lowest BCUT2D eigenvalue weighted by atomic mass is 10.3. The number of hydrazine groups is 1. The molecule has 0 atom stereocenters. The van der Waals surface area contributed by atoms with Crippen molar-refractivity contribution in [1.82, 2.24) is 9.44 Å². The number of rotatable bonds is 2. The van der Waals surface area contributed by atoms with E-state index in [2.05, 4.69) is 31.0 Å². The van der Waals surface area contributed by atoms with Gasteiger partial charge in [0.05, 0.1) is 5.69 Å². The zero-order valence-electron chi connectivity index (χ0n) is 5.56. The fourth-order valence-electron chi connectivity index (χ4n) is 0.665. The monoisotopic (exact) mass is 201 g/mol. The van der Waals surface area contributed by atoms with Gasteiger partial charge in [-0.15, -0.1) is 0 Å². The van der Waals surface area contributed by atoms with E-state index in [9.17, 15) is 0 Å². The Labute approximate surface area is 68.2 Å². The normalized spacial score (nSPS) is 9.40. The number of nitrogens with zero attached hydrogens (tertiary/aromatic N) is 1. The maximum atomic E-state index is 3.94. The first-order valence-electron chi connectivity index (χ1n) is 2.87. The van der Waals surface area contributed by atoms with Crippen LogP contribution in [0.15, 0.2) is 18.5 Å². The molecule has 1 rings (SSSR count). The van der Waals surface area contributed by atoms with Crippen molar-refractivity contribution in [3.8, 4) is 0 Å². The van der Waals surface area contributed by atoms with Crippen LogP contribution >= 0.6 is 16.1 Å². The second-order valence-electron chi connectivity index (χ2n) is 1.91. The summed E-state index contributed by atoms with van der Waals surface area (Å²) < 4.78 is 2.66. The smallest absolute Gasteiger partial charge is 0.0556 e. The average Bonchev–Trinajstić information content (AvgIpc) is 1.94. The van der Waals surface area contributed by atoms with Crippen molar-refractivity contribution in [3.63, 3.8) is 0 Å². The van der Waals surface area contributed by atoms with Crippen molar-refractivity contribution in [2.75, 3.05) is 5.43 Å². The molecule has 10 heavy (non-hydrogen) atoms. The molecule has 3 nitrogen and oxygen atoms in total. The Morgan fingerprint density at radius 1 is 1.60 bits per heavy atom. The number of halogens is 1. The van der Waals surface area contributed by atoms with Crippen LogP contribution in [-0.2, 0) is 0 Å². The van der Waals surface area contributed by atoms with E-state index in [1.54, 1.807) is 12.4 Å². The summed E-state index contributed by atoms with van der Waals surface area (Å²) in [6, 6.07) is 1.89. The molecule has 0 bridgehead atoms. The molecule has 1 aromatic rings. The summed E-state index contributed by atoms with van der Waals surface area (Å²) >= 11 is 3.04. The Bertz CT molecular complexity index is 214. The van der Waals surface area contributed by atoms with Gasteiger partial charge in [-0.1, -0.05) is 0 Å². The minimum absolute atomic E-state index is 1.02. The van der Waals surface area contributed by atoms with Gasteiger partial charge in [0, 0.05) is 28.5 Å². The van der Waals surface area contributed by atoms with E-state index in [0.717, 1.165) is 11.3 Å². The van der Waals surface area contributed by atoms with Crippen molar-refractivity contribution in [3.05, 3.63) is 24.0 Å². The van der Waals surface area contributed by atoms with Crippen LogP contribution in [0.4, 0.5) is 5.69 Å². The Hall–Kier alpha value is -0.610. The highest BCUT2D eigenvalue weighted by Crippen LogP contribution is 2.09. The Kier molecular flexibility index (Phi) is 2.65. The highest BCUT2D eigenvalue weighted by Gasteiger charge is 1.92. The van der Waals surface area contributed by atoms with Gasteiger partial charge in [-0.25, -0.2) is 0 Å². The number of anilines is 1. The molecular weight excluding hydrogens is 194 g/mol. The predicted octanol–water partition coefficient (Wildman–Crippen LogP) is 1.62. The topological polar surface area (TPSA) is 37.0 Å². The molecule has 0 saturated carbocycles. The molecule has 0 unspecified atom stereocenters. The van der Waals surface area contributed by atoms with Crippen molar-refractivity contribution < 1.29 is 0 Å². The molecule has 0 fully saturated rings. The van der Waals surface area contributed by atoms with Gasteiger partial charge in [-0.3, -0.25) is 4.98 Å². The molecule has 0 aliphatic heterocycles. The fourth-order valence-corrected chi connectivity index (χ4v) is 0.878. The van der Waals surface area contributed by atoms with Gasteiger partial charge in [0.25, 0.3) is 0 Å². The van der Waals surface area contributed by atoms with E-state index in [1.165, 1.54) is 0 Å². The maximum Gasteiger partial charge on any atom is 0.0556 e. The van der Waals surface area contributed by atoms with Gasteiger partial charge < -0.3 is 5.43 Å².